The maximum absolute atomic E-state index is 12.8. The lowest BCUT2D eigenvalue weighted by Crippen LogP contribution is -2.93. The number of allylic oxidation sites excluding steroid dienone is 2. The Hall–Kier alpha value is -3.60. The van der Waals surface area contributed by atoms with Gasteiger partial charge >= 0.3 is 6.18 Å². The number of benzene rings is 1. The lowest BCUT2D eigenvalue weighted by atomic mass is 10.0. The predicted molar refractivity (Wildman–Crippen MR) is 113 cm³/mol. The Morgan fingerprint density at radius 3 is 2.47 bits per heavy atom. The molecule has 178 valence electrons. The highest BCUT2D eigenvalue weighted by Crippen LogP contribution is 2.38. The molecule has 4 aliphatic rings. The van der Waals surface area contributed by atoms with Gasteiger partial charge in [-0.1, -0.05) is 12.1 Å². The van der Waals surface area contributed by atoms with Crippen LogP contribution in [-0.4, -0.2) is 46.7 Å². The number of imide groups is 1. The topological polar surface area (TPSA) is 98.4 Å². The van der Waals surface area contributed by atoms with Crippen LogP contribution in [0, 0.1) is 0 Å². The molecular weight excluding hydrogens is 451 g/mol. The molecule has 8 nitrogen and oxygen atoms in total. The maximum atomic E-state index is 12.8. The van der Waals surface area contributed by atoms with Gasteiger partial charge in [0.15, 0.2) is 0 Å². The van der Waals surface area contributed by atoms with E-state index in [-0.39, 0.29) is 30.3 Å². The van der Waals surface area contributed by atoms with Crippen molar-refractivity contribution in [1.29, 1.82) is 0 Å². The Morgan fingerprint density at radius 2 is 1.85 bits per heavy atom. The zero-order valence-corrected chi connectivity index (χ0v) is 18.1. The number of alkyl halides is 3. The van der Waals surface area contributed by atoms with Crippen LogP contribution in [0.15, 0.2) is 53.5 Å². The van der Waals surface area contributed by atoms with Gasteiger partial charge in [-0.2, -0.15) is 18.6 Å². The molecule has 0 bridgehead atoms. The average molecular weight is 474 g/mol. The molecule has 1 aliphatic carbocycles. The molecule has 1 fully saturated rings. The van der Waals surface area contributed by atoms with Crippen molar-refractivity contribution in [2.75, 3.05) is 13.1 Å². The molecule has 3 heterocycles. The van der Waals surface area contributed by atoms with Crippen molar-refractivity contribution < 1.29 is 33.0 Å². The Balaban J connectivity index is 1.22. The summed E-state index contributed by atoms with van der Waals surface area (Å²) >= 11 is 0. The van der Waals surface area contributed by atoms with E-state index in [0.29, 0.717) is 47.7 Å². The van der Waals surface area contributed by atoms with Gasteiger partial charge < -0.3 is 4.90 Å². The lowest BCUT2D eigenvalue weighted by Gasteiger charge is -2.28. The van der Waals surface area contributed by atoms with E-state index in [0.717, 1.165) is 25.0 Å². The number of amides is 3. The molecule has 0 atom stereocenters. The molecule has 34 heavy (non-hydrogen) atoms. The van der Waals surface area contributed by atoms with Crippen LogP contribution >= 0.6 is 0 Å². The third kappa shape index (κ3) is 4.18. The first kappa shape index (κ1) is 22.2. The first-order valence-corrected chi connectivity index (χ1v) is 11.1. The van der Waals surface area contributed by atoms with Crippen molar-refractivity contribution in [2.45, 2.75) is 37.9 Å². The number of carbonyl (C=O) groups excluding carboxylic acids is 3. The highest BCUT2D eigenvalue weighted by Gasteiger charge is 2.48. The van der Waals surface area contributed by atoms with Gasteiger partial charge in [-0.3, -0.25) is 24.6 Å². The normalized spacial score (nSPS) is 20.7. The summed E-state index contributed by atoms with van der Waals surface area (Å²) in [5.74, 6) is -0.389. The van der Waals surface area contributed by atoms with Crippen molar-refractivity contribution >= 4 is 23.4 Å². The van der Waals surface area contributed by atoms with Crippen LogP contribution < -0.4 is 16.2 Å². The summed E-state index contributed by atoms with van der Waals surface area (Å²) in [6.07, 6.45) is 1.80. The summed E-state index contributed by atoms with van der Waals surface area (Å²) < 4.78 is 38.2. The fourth-order valence-corrected chi connectivity index (χ4v) is 4.41. The number of nitrogens with one attached hydrogen (secondary N) is 2. The van der Waals surface area contributed by atoms with E-state index < -0.39 is 11.7 Å². The van der Waals surface area contributed by atoms with Gasteiger partial charge in [-0.15, -0.1) is 0 Å². The summed E-state index contributed by atoms with van der Waals surface area (Å²) in [6.45, 7) is 0.458. The molecule has 0 radical (unpaired) electrons. The number of halogens is 3. The molecule has 4 N–H and O–H groups in total. The number of nitrogens with zero attached hydrogens (tertiary/aromatic N) is 2. The van der Waals surface area contributed by atoms with Gasteiger partial charge in [-0.25, -0.2) is 5.43 Å². The molecule has 5 rings (SSSR count). The highest BCUT2D eigenvalue weighted by molar-refractivity contribution is 6.19. The minimum atomic E-state index is -4.39. The van der Waals surface area contributed by atoms with E-state index in [4.69, 9.17) is 0 Å². The second-order valence-electron chi connectivity index (χ2n) is 8.68. The standard InChI is InChI=1S/C23H22F3N5O3/c24-23(25,26)14-5-3-13(4-6-14)17-9-10-18(29-28-17)27-19(32)12-30-11-1-2-16-20(30)22(34)31(21(16)33)15-7-8-15/h3-6,9-10,15,28-29H,1-2,7-8,11-12H2,(H,27,32)/p+1. The van der Waals surface area contributed by atoms with E-state index in [1.807, 2.05) is 0 Å². The van der Waals surface area contributed by atoms with Gasteiger partial charge in [0.25, 0.3) is 11.8 Å². The van der Waals surface area contributed by atoms with Gasteiger partial charge in [0.2, 0.25) is 11.7 Å². The molecule has 0 saturated heterocycles. The molecule has 1 aromatic carbocycles. The summed E-state index contributed by atoms with van der Waals surface area (Å²) in [5, 5.41) is 2.76. The third-order valence-electron chi connectivity index (χ3n) is 6.22. The Kier molecular flexibility index (Phi) is 5.43. The van der Waals surface area contributed by atoms with E-state index in [2.05, 4.69) is 10.7 Å². The monoisotopic (exact) mass is 474 g/mol. The minimum absolute atomic E-state index is 0.0139. The molecule has 0 aromatic heterocycles. The Labute approximate surface area is 193 Å². The molecule has 3 amide bonds. The van der Waals surface area contributed by atoms with E-state index in [1.165, 1.54) is 17.0 Å². The first-order valence-electron chi connectivity index (χ1n) is 11.1. The van der Waals surface area contributed by atoms with Gasteiger partial charge in [0.05, 0.1) is 17.8 Å². The SMILES string of the molecule is O=C(CN1CCCC2=C1C(=O)N(C1CC1)C2=O)NC1=CC=C(c2ccc(C(F)(F)F)cc2)N[NH2+]1. The van der Waals surface area contributed by atoms with Crippen molar-refractivity contribution in [3.8, 4) is 0 Å². The van der Waals surface area contributed by atoms with Crippen LogP contribution in [-0.2, 0) is 20.6 Å². The molecule has 1 aromatic rings. The largest absolute Gasteiger partial charge is 0.416 e. The van der Waals surface area contributed by atoms with Crippen molar-refractivity contribution in [2.24, 2.45) is 0 Å². The van der Waals surface area contributed by atoms with Gasteiger partial charge in [-0.05, 0) is 43.9 Å². The Bertz CT molecular complexity index is 1150. The Morgan fingerprint density at radius 1 is 1.12 bits per heavy atom. The summed E-state index contributed by atoms with van der Waals surface area (Å²) in [4.78, 5) is 41.2. The number of rotatable bonds is 5. The second-order valence-corrected chi connectivity index (χ2v) is 8.68. The zero-order chi connectivity index (χ0) is 24.0. The molecule has 0 spiro atoms. The number of nitrogens with two attached hydrogens (primary N) is 1. The maximum Gasteiger partial charge on any atom is 0.416 e. The van der Waals surface area contributed by atoms with Crippen LogP contribution in [0.5, 0.6) is 0 Å². The van der Waals surface area contributed by atoms with Gasteiger partial charge in [0.1, 0.15) is 5.70 Å². The van der Waals surface area contributed by atoms with Crippen molar-refractivity contribution in [3.63, 3.8) is 0 Å². The van der Waals surface area contributed by atoms with E-state index in [9.17, 15) is 27.6 Å². The highest BCUT2D eigenvalue weighted by atomic mass is 19.4. The predicted octanol–water partition coefficient (Wildman–Crippen LogP) is 0.967. The van der Waals surface area contributed by atoms with Crippen LogP contribution in [0.2, 0.25) is 0 Å². The first-order chi connectivity index (χ1) is 16.2. The molecule has 0 unspecified atom stereocenters. The summed E-state index contributed by atoms with van der Waals surface area (Å²) in [7, 11) is 0. The van der Waals surface area contributed by atoms with E-state index in [1.54, 1.807) is 22.5 Å². The van der Waals surface area contributed by atoms with E-state index >= 15 is 0 Å². The summed E-state index contributed by atoms with van der Waals surface area (Å²) in [6, 6.07) is 4.76. The average Bonchev–Trinajstić information content (AvgIpc) is 3.60. The number of quaternary nitrogens is 1. The van der Waals surface area contributed by atoms with Gasteiger partial charge in [0, 0.05) is 29.8 Å². The molecule has 3 aliphatic heterocycles. The lowest BCUT2D eigenvalue weighted by molar-refractivity contribution is -0.657. The zero-order valence-electron chi connectivity index (χ0n) is 18.1. The molecule has 1 saturated carbocycles. The minimum Gasteiger partial charge on any atom is -0.357 e. The van der Waals surface area contributed by atoms with Crippen molar-refractivity contribution in [3.05, 3.63) is 64.6 Å². The quantitative estimate of drug-likeness (QED) is 0.437. The van der Waals surface area contributed by atoms with Crippen LogP contribution in [0.3, 0.4) is 0 Å². The second kappa shape index (κ2) is 8.32. The fraction of sp³-hybridized carbons (Fsp3) is 0.348. The van der Waals surface area contributed by atoms with Crippen LogP contribution in [0.4, 0.5) is 13.2 Å². The smallest absolute Gasteiger partial charge is 0.357 e. The summed E-state index contributed by atoms with van der Waals surface area (Å²) in [5.41, 5.74) is 5.81. The van der Waals surface area contributed by atoms with Crippen molar-refractivity contribution in [1.82, 2.24) is 20.5 Å². The van der Waals surface area contributed by atoms with Crippen LogP contribution in [0.1, 0.15) is 36.8 Å². The third-order valence-corrected chi connectivity index (χ3v) is 6.22. The molecular formula is C23H23F3N5O3+. The number of carbonyl (C=O) groups is 3. The van der Waals surface area contributed by atoms with Crippen LogP contribution in [0.25, 0.3) is 5.70 Å². The number of hydrogen-bond donors (Lipinski definition) is 3. The molecule has 11 heteroatoms. The number of hydrogen-bond acceptors (Lipinski definition) is 5. The fourth-order valence-electron chi connectivity index (χ4n) is 4.41.